The van der Waals surface area contributed by atoms with E-state index < -0.39 is 11.6 Å². The minimum Gasteiger partial charge on any atom is -0.381 e. The van der Waals surface area contributed by atoms with Gasteiger partial charge in [-0.1, -0.05) is 27.7 Å². The first-order chi connectivity index (χ1) is 9.29. The summed E-state index contributed by atoms with van der Waals surface area (Å²) < 4.78 is 32.2. The first-order valence-corrected chi connectivity index (χ1v) is 7.13. The number of halogens is 2. The van der Waals surface area contributed by atoms with Gasteiger partial charge in [0.1, 0.15) is 11.6 Å². The lowest BCUT2D eigenvalue weighted by Crippen LogP contribution is -2.58. The Labute approximate surface area is 119 Å². The Bertz CT molecular complexity index is 453. The highest BCUT2D eigenvalue weighted by molar-refractivity contribution is 5.46. The largest absolute Gasteiger partial charge is 0.381 e. The molecule has 2 atom stereocenters. The van der Waals surface area contributed by atoms with Crippen LogP contribution in [0, 0.1) is 23.0 Å². The summed E-state index contributed by atoms with van der Waals surface area (Å²) in [5.74, 6) is -0.607. The van der Waals surface area contributed by atoms with Crippen LogP contribution in [-0.4, -0.2) is 18.8 Å². The zero-order chi connectivity index (χ0) is 14.9. The van der Waals surface area contributed by atoms with Gasteiger partial charge in [0, 0.05) is 29.8 Å². The molecule has 1 fully saturated rings. The van der Waals surface area contributed by atoms with Crippen LogP contribution in [0.15, 0.2) is 18.2 Å². The van der Waals surface area contributed by atoms with E-state index in [4.69, 9.17) is 4.74 Å². The second-order valence-electron chi connectivity index (χ2n) is 6.63. The van der Waals surface area contributed by atoms with Crippen molar-refractivity contribution in [3.63, 3.8) is 0 Å². The molecule has 2 nitrogen and oxygen atoms in total. The molecule has 4 heteroatoms. The molecule has 0 aromatic heterocycles. The molecule has 0 saturated heterocycles. The van der Waals surface area contributed by atoms with Crippen molar-refractivity contribution in [2.45, 2.75) is 46.3 Å². The number of hydrogen-bond acceptors (Lipinski definition) is 2. The monoisotopic (exact) mass is 283 g/mol. The molecule has 1 aromatic rings. The van der Waals surface area contributed by atoms with Crippen molar-refractivity contribution in [2.24, 2.45) is 11.3 Å². The Kier molecular flexibility index (Phi) is 4.33. The van der Waals surface area contributed by atoms with Gasteiger partial charge in [-0.25, -0.2) is 8.78 Å². The maximum atomic E-state index is 13.2. The molecular weight excluding hydrogens is 260 g/mol. The fraction of sp³-hybridized carbons (Fsp3) is 0.625. The van der Waals surface area contributed by atoms with Crippen molar-refractivity contribution in [1.82, 2.24) is 0 Å². The van der Waals surface area contributed by atoms with Gasteiger partial charge < -0.3 is 10.1 Å². The van der Waals surface area contributed by atoms with Crippen LogP contribution in [0.3, 0.4) is 0 Å². The Morgan fingerprint density at radius 1 is 1.25 bits per heavy atom. The third-order valence-corrected chi connectivity index (χ3v) is 4.01. The van der Waals surface area contributed by atoms with E-state index in [9.17, 15) is 8.78 Å². The van der Waals surface area contributed by atoms with Crippen molar-refractivity contribution < 1.29 is 13.5 Å². The molecule has 112 valence electrons. The number of anilines is 1. The standard InChI is InChI=1S/C16H23F2NO/c1-10(2)9-20-15-8-14(16(15,3)4)19-13-6-11(17)5-12(18)7-13/h5-7,10,14-15,19H,8-9H2,1-4H3. The van der Waals surface area contributed by atoms with Gasteiger partial charge in [0.2, 0.25) is 0 Å². The van der Waals surface area contributed by atoms with Crippen molar-refractivity contribution >= 4 is 5.69 Å². The molecule has 0 radical (unpaired) electrons. The van der Waals surface area contributed by atoms with Gasteiger partial charge in [0.15, 0.2) is 0 Å². The summed E-state index contributed by atoms with van der Waals surface area (Å²) in [5.41, 5.74) is 0.445. The average Bonchev–Trinajstić information content (AvgIpc) is 2.31. The van der Waals surface area contributed by atoms with E-state index in [-0.39, 0.29) is 17.6 Å². The molecule has 0 heterocycles. The number of hydrogen-bond donors (Lipinski definition) is 1. The van der Waals surface area contributed by atoms with Crippen LogP contribution in [0.1, 0.15) is 34.1 Å². The molecule has 1 aromatic carbocycles. The average molecular weight is 283 g/mol. The zero-order valence-corrected chi connectivity index (χ0v) is 12.5. The summed E-state index contributed by atoms with van der Waals surface area (Å²) >= 11 is 0. The molecule has 0 spiro atoms. The van der Waals surface area contributed by atoms with Gasteiger partial charge in [-0.3, -0.25) is 0 Å². The molecule has 2 unspecified atom stereocenters. The molecule has 2 rings (SSSR count). The summed E-state index contributed by atoms with van der Waals surface area (Å²) in [7, 11) is 0. The Morgan fingerprint density at radius 3 is 2.35 bits per heavy atom. The predicted molar refractivity (Wildman–Crippen MR) is 76.7 cm³/mol. The van der Waals surface area contributed by atoms with Gasteiger partial charge in [-0.05, 0) is 24.5 Å². The maximum absolute atomic E-state index is 13.2. The molecule has 20 heavy (non-hydrogen) atoms. The first kappa shape index (κ1) is 15.2. The van der Waals surface area contributed by atoms with Crippen LogP contribution in [0.4, 0.5) is 14.5 Å². The summed E-state index contributed by atoms with van der Waals surface area (Å²) in [6, 6.07) is 3.69. The predicted octanol–water partition coefficient (Wildman–Crippen LogP) is 4.22. The number of rotatable bonds is 5. The lowest BCUT2D eigenvalue weighted by Gasteiger charge is -2.52. The maximum Gasteiger partial charge on any atom is 0.128 e. The normalized spacial score (nSPS) is 24.6. The molecular formula is C16H23F2NO. The van der Waals surface area contributed by atoms with Crippen LogP contribution in [-0.2, 0) is 4.74 Å². The summed E-state index contributed by atoms with van der Waals surface area (Å²) in [6.07, 6.45) is 1.05. The molecule has 1 aliphatic rings. The fourth-order valence-corrected chi connectivity index (χ4v) is 2.56. The van der Waals surface area contributed by atoms with Crippen LogP contribution in [0.2, 0.25) is 0 Å². The van der Waals surface area contributed by atoms with E-state index in [2.05, 4.69) is 33.0 Å². The summed E-state index contributed by atoms with van der Waals surface area (Å²) in [5, 5.41) is 3.21. The number of nitrogens with one attached hydrogen (secondary N) is 1. The molecule has 0 aliphatic heterocycles. The van der Waals surface area contributed by atoms with Gasteiger partial charge >= 0.3 is 0 Å². The van der Waals surface area contributed by atoms with E-state index in [0.717, 1.165) is 19.1 Å². The quantitative estimate of drug-likeness (QED) is 0.873. The van der Waals surface area contributed by atoms with Crippen LogP contribution < -0.4 is 5.32 Å². The molecule has 1 saturated carbocycles. The SMILES string of the molecule is CC(C)COC1CC(Nc2cc(F)cc(F)c2)C1(C)C. The molecule has 0 amide bonds. The third kappa shape index (κ3) is 3.29. The van der Waals surface area contributed by atoms with Gasteiger partial charge in [0.25, 0.3) is 0 Å². The van der Waals surface area contributed by atoms with Gasteiger partial charge in [-0.15, -0.1) is 0 Å². The van der Waals surface area contributed by atoms with Crippen molar-refractivity contribution in [2.75, 3.05) is 11.9 Å². The second kappa shape index (κ2) is 5.68. The van der Waals surface area contributed by atoms with Crippen molar-refractivity contribution in [3.8, 4) is 0 Å². The lowest BCUT2D eigenvalue weighted by atomic mass is 9.64. The fourth-order valence-electron chi connectivity index (χ4n) is 2.56. The summed E-state index contributed by atoms with van der Waals surface area (Å²) in [6.45, 7) is 9.23. The summed E-state index contributed by atoms with van der Waals surface area (Å²) in [4.78, 5) is 0. The van der Waals surface area contributed by atoms with E-state index >= 15 is 0 Å². The highest BCUT2D eigenvalue weighted by Crippen LogP contribution is 2.44. The van der Waals surface area contributed by atoms with E-state index in [0.29, 0.717) is 11.6 Å². The van der Waals surface area contributed by atoms with Crippen molar-refractivity contribution in [3.05, 3.63) is 29.8 Å². The smallest absolute Gasteiger partial charge is 0.128 e. The highest BCUT2D eigenvalue weighted by atomic mass is 19.1. The van der Waals surface area contributed by atoms with Crippen LogP contribution in [0.5, 0.6) is 0 Å². The van der Waals surface area contributed by atoms with Gasteiger partial charge in [-0.2, -0.15) is 0 Å². The van der Waals surface area contributed by atoms with Crippen LogP contribution in [0.25, 0.3) is 0 Å². The lowest BCUT2D eigenvalue weighted by molar-refractivity contribution is -0.108. The molecule has 1 aliphatic carbocycles. The highest BCUT2D eigenvalue weighted by Gasteiger charge is 2.49. The van der Waals surface area contributed by atoms with E-state index in [1.165, 1.54) is 12.1 Å². The Morgan fingerprint density at radius 2 is 1.85 bits per heavy atom. The minimum atomic E-state index is -0.558. The van der Waals surface area contributed by atoms with Gasteiger partial charge in [0.05, 0.1) is 6.10 Å². The first-order valence-electron chi connectivity index (χ1n) is 7.13. The van der Waals surface area contributed by atoms with E-state index in [1.54, 1.807) is 0 Å². The van der Waals surface area contributed by atoms with Crippen molar-refractivity contribution in [1.29, 1.82) is 0 Å². The molecule has 1 N–H and O–H groups in total. The second-order valence-corrected chi connectivity index (χ2v) is 6.63. The number of benzene rings is 1. The third-order valence-electron chi connectivity index (χ3n) is 4.01. The molecule has 0 bridgehead atoms. The Balaban J connectivity index is 1.95. The van der Waals surface area contributed by atoms with Crippen LogP contribution >= 0.6 is 0 Å². The van der Waals surface area contributed by atoms with E-state index in [1.807, 2.05) is 0 Å². The topological polar surface area (TPSA) is 21.3 Å². The minimum absolute atomic E-state index is 0.0440. The Hall–Kier alpha value is -1.16. The number of ether oxygens (including phenoxy) is 1. The zero-order valence-electron chi connectivity index (χ0n) is 12.5.